The van der Waals surface area contributed by atoms with E-state index in [0.717, 1.165) is 19.3 Å². The maximum atomic E-state index is 12.2. The molecule has 0 unspecified atom stereocenters. The summed E-state index contributed by atoms with van der Waals surface area (Å²) in [6.45, 7) is 6.35. The highest BCUT2D eigenvalue weighted by Crippen LogP contribution is 2.20. The summed E-state index contributed by atoms with van der Waals surface area (Å²) in [5, 5.41) is 10.6. The van der Waals surface area contributed by atoms with Crippen LogP contribution >= 0.6 is 0 Å². The molecule has 0 aromatic rings. The van der Waals surface area contributed by atoms with Crippen LogP contribution in [-0.4, -0.2) is 48.4 Å². The van der Waals surface area contributed by atoms with Gasteiger partial charge in [-0.2, -0.15) is 0 Å². The molecule has 0 heterocycles. The van der Waals surface area contributed by atoms with Gasteiger partial charge in [-0.1, -0.05) is 40.0 Å². The second-order valence-electron chi connectivity index (χ2n) is 6.02. The number of carbonyl (C=O) groups is 3. The second kappa shape index (κ2) is 17.3. The monoisotopic (exact) mass is 386 g/mol. The van der Waals surface area contributed by atoms with Crippen LogP contribution in [0.25, 0.3) is 0 Å². The van der Waals surface area contributed by atoms with Gasteiger partial charge in [-0.15, -0.1) is 12.8 Å². The molecule has 0 aromatic carbocycles. The third-order valence-electron chi connectivity index (χ3n) is 3.51. The van der Waals surface area contributed by atoms with Gasteiger partial charge in [0.1, 0.15) is 0 Å². The van der Waals surface area contributed by atoms with Gasteiger partial charge in [-0.25, -0.2) is 4.79 Å². The van der Waals surface area contributed by atoms with Crippen LogP contribution in [0.1, 0.15) is 72.1 Å². The van der Waals surface area contributed by atoms with Crippen LogP contribution in [0.15, 0.2) is 0 Å². The van der Waals surface area contributed by atoms with Gasteiger partial charge in [0.25, 0.3) is 0 Å². The first kappa shape index (κ1) is 27.2. The van der Waals surface area contributed by atoms with Crippen molar-refractivity contribution in [3.05, 3.63) is 0 Å². The van der Waals surface area contributed by atoms with Gasteiger partial charge in [-0.05, 0) is 19.3 Å². The van der Waals surface area contributed by atoms with Crippen molar-refractivity contribution in [2.45, 2.75) is 77.7 Å². The van der Waals surface area contributed by atoms with Crippen molar-refractivity contribution in [1.82, 2.24) is 0 Å². The highest BCUT2D eigenvalue weighted by molar-refractivity contribution is 5.90. The summed E-state index contributed by atoms with van der Waals surface area (Å²) < 4.78 is 14.9. The van der Waals surface area contributed by atoms with E-state index in [9.17, 15) is 19.5 Å². The van der Waals surface area contributed by atoms with Crippen LogP contribution in [-0.2, 0) is 28.6 Å². The van der Waals surface area contributed by atoms with Crippen molar-refractivity contribution >= 4 is 17.9 Å². The Morgan fingerprint density at radius 3 is 1.41 bits per heavy atom. The van der Waals surface area contributed by atoms with Crippen LogP contribution in [0, 0.1) is 12.8 Å². The molecular weight excluding hydrogens is 352 g/mol. The van der Waals surface area contributed by atoms with Crippen molar-refractivity contribution in [1.29, 1.82) is 0 Å². The minimum absolute atomic E-state index is 0.118. The van der Waals surface area contributed by atoms with Gasteiger partial charge in [0.15, 0.2) is 5.60 Å². The average Bonchev–Trinajstić information content (AvgIpc) is 2.63. The normalized spacial score (nSPS) is 10.3. The molecule has 156 valence electrons. The third kappa shape index (κ3) is 13.8. The lowest BCUT2D eigenvalue weighted by Gasteiger charge is -2.24. The lowest BCUT2D eigenvalue weighted by atomic mass is 9.95. The molecule has 0 radical (unpaired) electrons. The first-order valence-corrected chi connectivity index (χ1v) is 9.43. The lowest BCUT2D eigenvalue weighted by Crippen LogP contribution is -2.45. The highest BCUT2D eigenvalue weighted by atomic mass is 16.6. The fourth-order valence-corrected chi connectivity index (χ4v) is 1.89. The molecule has 0 aliphatic heterocycles. The quantitative estimate of drug-likeness (QED) is 0.212. The molecule has 0 atom stereocenters. The Morgan fingerprint density at radius 1 is 0.741 bits per heavy atom. The van der Waals surface area contributed by atoms with Gasteiger partial charge in [-0.3, -0.25) is 9.59 Å². The first-order chi connectivity index (χ1) is 12.9. The minimum atomic E-state index is -2.26. The smallest absolute Gasteiger partial charge is 0.339 e. The van der Waals surface area contributed by atoms with Crippen LogP contribution in [0.2, 0.25) is 0 Å². The summed E-state index contributed by atoms with van der Waals surface area (Å²) in [6, 6.07) is 0. The fraction of sp³-hybridized carbons (Fsp3) is 0.750. The van der Waals surface area contributed by atoms with E-state index in [0.29, 0.717) is 19.3 Å². The standard InChI is InChI=1S/C18H32O7.C2H2/c1-4-7-10-23-15(19)13-18(22,17(21)25-12-9-6-3)14-16(20)24-11-8-5-2;1-2/h22H,4-14H2,1-3H3;1-2H. The Kier molecular flexibility index (Phi) is 17.4. The predicted molar refractivity (Wildman–Crippen MR) is 102 cm³/mol. The number of hydrogen-bond acceptors (Lipinski definition) is 7. The molecule has 7 nitrogen and oxygen atoms in total. The Labute approximate surface area is 162 Å². The third-order valence-corrected chi connectivity index (χ3v) is 3.51. The van der Waals surface area contributed by atoms with E-state index >= 15 is 0 Å². The number of ether oxygens (including phenoxy) is 3. The Morgan fingerprint density at radius 2 is 1.07 bits per heavy atom. The van der Waals surface area contributed by atoms with Crippen molar-refractivity contribution in [3.63, 3.8) is 0 Å². The first-order valence-electron chi connectivity index (χ1n) is 9.43. The number of carbonyl (C=O) groups excluding carboxylic acids is 3. The summed E-state index contributed by atoms with van der Waals surface area (Å²) in [5.74, 6) is -2.49. The molecule has 0 aliphatic carbocycles. The van der Waals surface area contributed by atoms with Gasteiger partial charge in [0.05, 0.1) is 32.7 Å². The number of hydrogen-bond donors (Lipinski definition) is 1. The van der Waals surface area contributed by atoms with E-state index in [2.05, 4.69) is 12.8 Å². The molecule has 0 rings (SSSR count). The van der Waals surface area contributed by atoms with E-state index in [4.69, 9.17) is 14.2 Å². The van der Waals surface area contributed by atoms with Crippen LogP contribution < -0.4 is 0 Å². The number of aliphatic hydroxyl groups is 1. The van der Waals surface area contributed by atoms with E-state index in [1.54, 1.807) is 0 Å². The van der Waals surface area contributed by atoms with E-state index in [1.807, 2.05) is 20.8 Å². The Hall–Kier alpha value is -2.07. The van der Waals surface area contributed by atoms with E-state index in [-0.39, 0.29) is 19.8 Å². The van der Waals surface area contributed by atoms with Crippen LogP contribution in [0.4, 0.5) is 0 Å². The van der Waals surface area contributed by atoms with Crippen molar-refractivity contribution < 1.29 is 33.7 Å². The Bertz CT molecular complexity index is 419. The summed E-state index contributed by atoms with van der Waals surface area (Å²) in [6.07, 6.45) is 11.2. The average molecular weight is 386 g/mol. The summed E-state index contributed by atoms with van der Waals surface area (Å²) in [5.41, 5.74) is -2.26. The molecule has 0 aromatic heterocycles. The maximum Gasteiger partial charge on any atom is 0.339 e. The minimum Gasteiger partial charge on any atom is -0.466 e. The molecule has 1 N–H and O–H groups in total. The summed E-state index contributed by atoms with van der Waals surface area (Å²) >= 11 is 0. The largest absolute Gasteiger partial charge is 0.466 e. The summed E-state index contributed by atoms with van der Waals surface area (Å²) in [4.78, 5) is 35.9. The van der Waals surface area contributed by atoms with Crippen molar-refractivity contribution in [2.24, 2.45) is 0 Å². The molecule has 0 bridgehead atoms. The molecule has 0 amide bonds. The van der Waals surface area contributed by atoms with Gasteiger partial charge in [0, 0.05) is 0 Å². The highest BCUT2D eigenvalue weighted by Gasteiger charge is 2.43. The van der Waals surface area contributed by atoms with Gasteiger partial charge < -0.3 is 19.3 Å². The maximum absolute atomic E-state index is 12.2. The molecule has 0 spiro atoms. The number of terminal acetylenes is 1. The SMILES string of the molecule is C#C.CCCCOC(=O)CC(O)(CC(=O)OCCCC)C(=O)OCCCC. The molecule has 0 saturated carbocycles. The summed E-state index contributed by atoms with van der Waals surface area (Å²) in [7, 11) is 0. The molecule has 0 aliphatic rings. The number of rotatable bonds is 14. The predicted octanol–water partition coefficient (Wildman–Crippen LogP) is 2.78. The van der Waals surface area contributed by atoms with E-state index in [1.165, 1.54) is 0 Å². The van der Waals surface area contributed by atoms with Gasteiger partial charge >= 0.3 is 17.9 Å². The van der Waals surface area contributed by atoms with Crippen molar-refractivity contribution in [2.75, 3.05) is 19.8 Å². The van der Waals surface area contributed by atoms with E-state index < -0.39 is 36.4 Å². The molecule has 0 saturated heterocycles. The molecule has 27 heavy (non-hydrogen) atoms. The molecule has 7 heteroatoms. The Balaban J connectivity index is 0. The second-order valence-corrected chi connectivity index (χ2v) is 6.02. The number of esters is 3. The lowest BCUT2D eigenvalue weighted by molar-refractivity contribution is -0.178. The zero-order valence-corrected chi connectivity index (χ0v) is 16.8. The fourth-order valence-electron chi connectivity index (χ4n) is 1.89. The zero-order valence-electron chi connectivity index (χ0n) is 16.8. The van der Waals surface area contributed by atoms with Crippen LogP contribution in [0.3, 0.4) is 0 Å². The number of unbranched alkanes of at least 4 members (excludes halogenated alkanes) is 3. The van der Waals surface area contributed by atoms with Gasteiger partial charge in [0.2, 0.25) is 0 Å². The molecular formula is C20H34O7. The van der Waals surface area contributed by atoms with Crippen LogP contribution in [0.5, 0.6) is 0 Å². The van der Waals surface area contributed by atoms with Crippen molar-refractivity contribution in [3.8, 4) is 12.8 Å². The zero-order chi connectivity index (χ0) is 21.1. The molecule has 0 fully saturated rings. The topological polar surface area (TPSA) is 99.1 Å².